The Morgan fingerprint density at radius 2 is 2.14 bits per heavy atom. The summed E-state index contributed by atoms with van der Waals surface area (Å²) < 4.78 is 0. The highest BCUT2D eigenvalue weighted by atomic mass is 15.2. The number of fused-ring (bicyclic) bond motifs is 1. The smallest absolute Gasteiger partial charge is 0.102 e. The van der Waals surface area contributed by atoms with Crippen molar-refractivity contribution in [2.75, 3.05) is 6.54 Å². The van der Waals surface area contributed by atoms with Crippen LogP contribution in [0.1, 0.15) is 25.8 Å². The van der Waals surface area contributed by atoms with Gasteiger partial charge in [-0.1, -0.05) is 25.1 Å². The molecular weight excluding hydrogens is 172 g/mol. The minimum atomic E-state index is 1.01. The molecule has 0 saturated heterocycles. The summed E-state index contributed by atoms with van der Waals surface area (Å²) in [6.07, 6.45) is 1.18. The number of nitrogens with zero attached hydrogens (tertiary/aromatic N) is 2. The van der Waals surface area contributed by atoms with Crippen LogP contribution in [0, 0.1) is 0 Å². The van der Waals surface area contributed by atoms with E-state index in [9.17, 15) is 0 Å². The summed E-state index contributed by atoms with van der Waals surface area (Å²) in [6, 6.07) is 8.38. The van der Waals surface area contributed by atoms with E-state index in [1.165, 1.54) is 12.0 Å². The Labute approximate surface area is 85.3 Å². The lowest BCUT2D eigenvalue weighted by Gasteiger charge is -2.28. The fourth-order valence-corrected chi connectivity index (χ4v) is 1.83. The van der Waals surface area contributed by atoms with Gasteiger partial charge < -0.3 is 4.90 Å². The van der Waals surface area contributed by atoms with E-state index in [0.29, 0.717) is 0 Å². The summed E-state index contributed by atoms with van der Waals surface area (Å²) in [6.45, 7) is 6.41. The first-order valence-corrected chi connectivity index (χ1v) is 5.19. The van der Waals surface area contributed by atoms with E-state index in [1.54, 1.807) is 0 Å². The third kappa shape index (κ3) is 1.65. The van der Waals surface area contributed by atoms with Crippen molar-refractivity contribution < 1.29 is 0 Å². The number of rotatable bonds is 2. The van der Waals surface area contributed by atoms with Crippen molar-refractivity contribution >= 4 is 11.5 Å². The minimum absolute atomic E-state index is 1.01. The summed E-state index contributed by atoms with van der Waals surface area (Å²) in [5, 5.41) is 0. The van der Waals surface area contributed by atoms with Gasteiger partial charge in [-0.3, -0.25) is 0 Å². The fourth-order valence-electron chi connectivity index (χ4n) is 1.83. The van der Waals surface area contributed by atoms with Gasteiger partial charge in [0, 0.05) is 13.1 Å². The summed E-state index contributed by atoms with van der Waals surface area (Å²) >= 11 is 0. The molecule has 1 aliphatic rings. The maximum absolute atomic E-state index is 4.59. The fraction of sp³-hybridized carbons (Fsp3) is 0.417. The van der Waals surface area contributed by atoms with Crippen molar-refractivity contribution in [2.45, 2.75) is 26.8 Å². The molecule has 1 aliphatic heterocycles. The molecule has 0 aromatic heterocycles. The maximum atomic E-state index is 4.59. The first-order valence-electron chi connectivity index (χ1n) is 5.19. The lowest BCUT2D eigenvalue weighted by atomic mass is 10.1. The van der Waals surface area contributed by atoms with Gasteiger partial charge in [0.25, 0.3) is 0 Å². The molecule has 0 saturated carbocycles. The van der Waals surface area contributed by atoms with Crippen LogP contribution < -0.4 is 0 Å². The van der Waals surface area contributed by atoms with Gasteiger partial charge in [0.1, 0.15) is 5.84 Å². The Morgan fingerprint density at radius 3 is 2.93 bits per heavy atom. The number of aliphatic imine (C=N–C) groups is 1. The van der Waals surface area contributed by atoms with Crippen LogP contribution in [0.25, 0.3) is 0 Å². The molecule has 0 aliphatic carbocycles. The standard InChI is InChI=1S/C12H16N2/c1-3-8-14-9-11-6-4-5-7-12(11)13-10(14)2/h4-7H,3,8-9H2,1-2H3. The molecule has 0 spiro atoms. The van der Waals surface area contributed by atoms with E-state index in [-0.39, 0.29) is 0 Å². The molecule has 0 unspecified atom stereocenters. The van der Waals surface area contributed by atoms with Crippen LogP contribution in [-0.2, 0) is 6.54 Å². The first-order chi connectivity index (χ1) is 6.81. The van der Waals surface area contributed by atoms with Gasteiger partial charge in [0.05, 0.1) is 5.69 Å². The highest BCUT2D eigenvalue weighted by molar-refractivity contribution is 5.84. The zero-order valence-corrected chi connectivity index (χ0v) is 8.83. The van der Waals surface area contributed by atoms with E-state index in [2.05, 4.69) is 41.9 Å². The zero-order valence-electron chi connectivity index (χ0n) is 8.83. The van der Waals surface area contributed by atoms with Crippen LogP contribution in [0.15, 0.2) is 29.3 Å². The van der Waals surface area contributed by atoms with Gasteiger partial charge in [0.15, 0.2) is 0 Å². The molecule has 74 valence electrons. The Bertz CT molecular complexity index is 355. The molecule has 0 fully saturated rings. The molecule has 2 heteroatoms. The van der Waals surface area contributed by atoms with Gasteiger partial charge in [0.2, 0.25) is 0 Å². The predicted octanol–water partition coefficient (Wildman–Crippen LogP) is 2.96. The SMILES string of the molecule is CCCN1Cc2ccccc2N=C1C. The maximum Gasteiger partial charge on any atom is 0.102 e. The minimum Gasteiger partial charge on any atom is -0.356 e. The lowest BCUT2D eigenvalue weighted by molar-refractivity contribution is 0.404. The van der Waals surface area contributed by atoms with Crippen molar-refractivity contribution in [3.05, 3.63) is 29.8 Å². The second kappa shape index (κ2) is 3.82. The van der Waals surface area contributed by atoms with Gasteiger partial charge in [-0.25, -0.2) is 4.99 Å². The Morgan fingerprint density at radius 1 is 1.36 bits per heavy atom. The quantitative estimate of drug-likeness (QED) is 0.696. The van der Waals surface area contributed by atoms with Gasteiger partial charge in [-0.2, -0.15) is 0 Å². The first kappa shape index (κ1) is 9.25. The van der Waals surface area contributed by atoms with Crippen LogP contribution in [0.5, 0.6) is 0 Å². The average Bonchev–Trinajstić information content (AvgIpc) is 2.19. The van der Waals surface area contributed by atoms with Crippen LogP contribution in [0.2, 0.25) is 0 Å². The summed E-state index contributed by atoms with van der Waals surface area (Å²) in [7, 11) is 0. The Kier molecular flexibility index (Phi) is 2.53. The number of hydrogen-bond donors (Lipinski definition) is 0. The summed E-state index contributed by atoms with van der Waals surface area (Å²) in [5.41, 5.74) is 2.48. The largest absolute Gasteiger partial charge is 0.356 e. The third-order valence-electron chi connectivity index (χ3n) is 2.59. The summed E-state index contributed by atoms with van der Waals surface area (Å²) in [4.78, 5) is 6.92. The van der Waals surface area contributed by atoms with Crippen molar-refractivity contribution in [1.82, 2.24) is 4.90 Å². The Hall–Kier alpha value is -1.31. The second-order valence-corrected chi connectivity index (χ2v) is 3.71. The van der Waals surface area contributed by atoms with Crippen molar-refractivity contribution in [3.63, 3.8) is 0 Å². The van der Waals surface area contributed by atoms with Gasteiger partial charge in [-0.15, -0.1) is 0 Å². The van der Waals surface area contributed by atoms with Crippen LogP contribution in [0.4, 0.5) is 5.69 Å². The molecule has 0 bridgehead atoms. The topological polar surface area (TPSA) is 15.6 Å². The molecule has 14 heavy (non-hydrogen) atoms. The molecule has 1 heterocycles. The van der Waals surface area contributed by atoms with E-state index >= 15 is 0 Å². The molecule has 2 rings (SSSR count). The van der Waals surface area contributed by atoms with Crippen molar-refractivity contribution in [3.8, 4) is 0 Å². The predicted molar refractivity (Wildman–Crippen MR) is 59.9 cm³/mol. The van der Waals surface area contributed by atoms with Crippen molar-refractivity contribution in [1.29, 1.82) is 0 Å². The molecule has 2 nitrogen and oxygen atoms in total. The zero-order chi connectivity index (χ0) is 9.97. The average molecular weight is 188 g/mol. The van der Waals surface area contributed by atoms with Crippen LogP contribution >= 0.6 is 0 Å². The van der Waals surface area contributed by atoms with Crippen LogP contribution in [0.3, 0.4) is 0 Å². The monoisotopic (exact) mass is 188 g/mol. The lowest BCUT2D eigenvalue weighted by Crippen LogP contribution is -2.31. The van der Waals surface area contributed by atoms with E-state index in [4.69, 9.17) is 0 Å². The second-order valence-electron chi connectivity index (χ2n) is 3.71. The number of benzene rings is 1. The van der Waals surface area contributed by atoms with E-state index < -0.39 is 0 Å². The number of amidine groups is 1. The molecule has 0 radical (unpaired) electrons. The molecule has 1 aromatic carbocycles. The highest BCUT2D eigenvalue weighted by Gasteiger charge is 2.14. The third-order valence-corrected chi connectivity index (χ3v) is 2.59. The van der Waals surface area contributed by atoms with Gasteiger partial charge >= 0.3 is 0 Å². The Balaban J connectivity index is 2.29. The molecule has 0 amide bonds. The highest BCUT2D eigenvalue weighted by Crippen LogP contribution is 2.25. The normalized spacial score (nSPS) is 15.0. The van der Waals surface area contributed by atoms with Gasteiger partial charge in [-0.05, 0) is 25.0 Å². The molecule has 0 atom stereocenters. The van der Waals surface area contributed by atoms with Crippen LogP contribution in [-0.4, -0.2) is 17.3 Å². The van der Waals surface area contributed by atoms with E-state index in [1.807, 2.05) is 6.07 Å². The number of para-hydroxylation sites is 1. The molecule has 1 aromatic rings. The van der Waals surface area contributed by atoms with Crippen molar-refractivity contribution in [2.24, 2.45) is 4.99 Å². The molecule has 0 N–H and O–H groups in total. The number of hydrogen-bond acceptors (Lipinski definition) is 2. The summed E-state index contributed by atoms with van der Waals surface area (Å²) in [5.74, 6) is 1.14. The van der Waals surface area contributed by atoms with E-state index in [0.717, 1.165) is 24.6 Å². The molecular formula is C12H16N2.